The quantitative estimate of drug-likeness (QED) is 0.842. The third kappa shape index (κ3) is 2.30. The average Bonchev–Trinajstić information content (AvgIpc) is 2.26. The molecule has 0 aliphatic carbocycles. The number of carboxylic acid groups (broad SMARTS) is 2. The zero-order chi connectivity index (χ0) is 13.2. The van der Waals surface area contributed by atoms with Crippen LogP contribution in [0.2, 0.25) is 0 Å². The number of carbonyl (C=O) groups is 2. The van der Waals surface area contributed by atoms with Gasteiger partial charge in [0.2, 0.25) is 0 Å². The van der Waals surface area contributed by atoms with Gasteiger partial charge in [0, 0.05) is 0 Å². The highest BCUT2D eigenvalue weighted by Crippen LogP contribution is 2.24. The number of aromatic carboxylic acids is 2. The van der Waals surface area contributed by atoms with Crippen LogP contribution in [0.4, 0.5) is 0 Å². The van der Waals surface area contributed by atoms with Crippen LogP contribution in [0.25, 0.3) is 0 Å². The molecule has 17 heavy (non-hydrogen) atoms. The first kappa shape index (κ1) is 13.2. The van der Waals surface area contributed by atoms with Crippen LogP contribution in [0.15, 0.2) is 6.07 Å². The largest absolute Gasteiger partial charge is 0.478 e. The minimum atomic E-state index is -1.19. The molecule has 1 rings (SSSR count). The molecule has 0 unspecified atom stereocenters. The van der Waals surface area contributed by atoms with Gasteiger partial charge in [-0.3, -0.25) is 0 Å². The summed E-state index contributed by atoms with van der Waals surface area (Å²) >= 11 is 0. The normalized spacial score (nSPS) is 10.3. The third-order valence-corrected chi connectivity index (χ3v) is 2.98. The van der Waals surface area contributed by atoms with Crippen molar-refractivity contribution in [3.8, 4) is 0 Å². The molecule has 0 spiro atoms. The van der Waals surface area contributed by atoms with Crippen molar-refractivity contribution in [2.45, 2.75) is 33.6 Å². The molecule has 0 aliphatic heterocycles. The van der Waals surface area contributed by atoms with E-state index in [-0.39, 0.29) is 11.1 Å². The lowest BCUT2D eigenvalue weighted by molar-refractivity contribution is 0.0650. The van der Waals surface area contributed by atoms with E-state index in [1.54, 1.807) is 6.92 Å². The van der Waals surface area contributed by atoms with Gasteiger partial charge >= 0.3 is 11.9 Å². The van der Waals surface area contributed by atoms with Crippen molar-refractivity contribution in [2.75, 3.05) is 0 Å². The van der Waals surface area contributed by atoms with Crippen molar-refractivity contribution in [2.24, 2.45) is 0 Å². The molecule has 0 aromatic heterocycles. The second kappa shape index (κ2) is 4.99. The van der Waals surface area contributed by atoms with E-state index < -0.39 is 11.9 Å². The number of carboxylic acids is 2. The molecule has 0 heterocycles. The molecule has 0 amide bonds. The van der Waals surface area contributed by atoms with Gasteiger partial charge in [-0.05, 0) is 42.5 Å². The van der Waals surface area contributed by atoms with Crippen LogP contribution in [-0.2, 0) is 12.8 Å². The van der Waals surface area contributed by atoms with Gasteiger partial charge in [0.05, 0.1) is 11.1 Å². The van der Waals surface area contributed by atoms with Crippen LogP contribution in [0.5, 0.6) is 0 Å². The van der Waals surface area contributed by atoms with Gasteiger partial charge in [-0.2, -0.15) is 0 Å². The molecule has 4 nitrogen and oxygen atoms in total. The third-order valence-electron chi connectivity index (χ3n) is 2.98. The highest BCUT2D eigenvalue weighted by Gasteiger charge is 2.22. The van der Waals surface area contributed by atoms with Crippen molar-refractivity contribution >= 4 is 11.9 Å². The molecule has 0 saturated carbocycles. The SMILES string of the molecule is CCc1cc(C(=O)O)c(C(=O)O)c(C)c1CC. The van der Waals surface area contributed by atoms with Gasteiger partial charge in [0.15, 0.2) is 0 Å². The predicted molar refractivity (Wildman–Crippen MR) is 63.9 cm³/mol. The van der Waals surface area contributed by atoms with Crippen LogP contribution in [0, 0.1) is 6.92 Å². The second-order valence-electron chi connectivity index (χ2n) is 3.88. The molecule has 2 N–H and O–H groups in total. The van der Waals surface area contributed by atoms with E-state index in [2.05, 4.69) is 0 Å². The molecular weight excluding hydrogens is 220 g/mol. The maximum absolute atomic E-state index is 11.2. The number of benzene rings is 1. The maximum atomic E-state index is 11.2. The fourth-order valence-corrected chi connectivity index (χ4v) is 2.18. The van der Waals surface area contributed by atoms with E-state index in [1.165, 1.54) is 6.07 Å². The first-order valence-corrected chi connectivity index (χ1v) is 5.55. The van der Waals surface area contributed by atoms with Gasteiger partial charge in [-0.1, -0.05) is 13.8 Å². The molecule has 1 aromatic carbocycles. The summed E-state index contributed by atoms with van der Waals surface area (Å²) in [4.78, 5) is 22.2. The maximum Gasteiger partial charge on any atom is 0.336 e. The Balaban J connectivity index is 3.67. The number of aryl methyl sites for hydroxylation is 1. The lowest BCUT2D eigenvalue weighted by atomic mass is 9.90. The van der Waals surface area contributed by atoms with Crippen LogP contribution in [-0.4, -0.2) is 22.2 Å². The van der Waals surface area contributed by atoms with Crippen molar-refractivity contribution < 1.29 is 19.8 Å². The molecule has 92 valence electrons. The molecule has 0 saturated heterocycles. The van der Waals surface area contributed by atoms with E-state index in [1.807, 2.05) is 13.8 Å². The van der Waals surface area contributed by atoms with Crippen molar-refractivity contribution in [1.82, 2.24) is 0 Å². The Morgan fingerprint density at radius 1 is 1.12 bits per heavy atom. The van der Waals surface area contributed by atoms with Crippen LogP contribution < -0.4 is 0 Å². The Morgan fingerprint density at radius 2 is 1.71 bits per heavy atom. The van der Waals surface area contributed by atoms with Crippen molar-refractivity contribution in [1.29, 1.82) is 0 Å². The summed E-state index contributed by atoms with van der Waals surface area (Å²) < 4.78 is 0. The van der Waals surface area contributed by atoms with Crippen LogP contribution in [0.1, 0.15) is 51.3 Å². The lowest BCUT2D eigenvalue weighted by Crippen LogP contribution is -2.13. The highest BCUT2D eigenvalue weighted by atomic mass is 16.4. The van der Waals surface area contributed by atoms with Gasteiger partial charge in [-0.25, -0.2) is 9.59 Å². The smallest absolute Gasteiger partial charge is 0.336 e. The van der Waals surface area contributed by atoms with E-state index in [0.717, 1.165) is 11.1 Å². The summed E-state index contributed by atoms with van der Waals surface area (Å²) in [7, 11) is 0. The molecule has 0 fully saturated rings. The molecule has 0 radical (unpaired) electrons. The molecule has 1 aromatic rings. The standard InChI is InChI=1S/C13H16O4/c1-4-8-6-10(12(14)15)11(13(16)17)7(3)9(8)5-2/h6H,4-5H2,1-3H3,(H,14,15)(H,16,17). The summed E-state index contributed by atoms with van der Waals surface area (Å²) in [5.74, 6) is -2.37. The Hall–Kier alpha value is -1.84. The monoisotopic (exact) mass is 236 g/mol. The zero-order valence-corrected chi connectivity index (χ0v) is 10.2. The Bertz CT molecular complexity index is 475. The van der Waals surface area contributed by atoms with E-state index >= 15 is 0 Å². The Kier molecular flexibility index (Phi) is 3.89. The van der Waals surface area contributed by atoms with Gasteiger partial charge in [0.1, 0.15) is 0 Å². The summed E-state index contributed by atoms with van der Waals surface area (Å²) in [6, 6.07) is 1.48. The number of rotatable bonds is 4. The molecule has 0 aliphatic rings. The fourth-order valence-electron chi connectivity index (χ4n) is 2.18. The van der Waals surface area contributed by atoms with Gasteiger partial charge in [0.25, 0.3) is 0 Å². The van der Waals surface area contributed by atoms with E-state index in [4.69, 9.17) is 10.2 Å². The topological polar surface area (TPSA) is 74.6 Å². The zero-order valence-electron chi connectivity index (χ0n) is 10.2. The Morgan fingerprint density at radius 3 is 2.06 bits per heavy atom. The first-order chi connectivity index (χ1) is 7.93. The molecular formula is C13H16O4. The van der Waals surface area contributed by atoms with Crippen LogP contribution in [0.3, 0.4) is 0 Å². The summed E-state index contributed by atoms with van der Waals surface area (Å²) in [6.45, 7) is 5.54. The lowest BCUT2D eigenvalue weighted by Gasteiger charge is -2.15. The van der Waals surface area contributed by atoms with Crippen molar-refractivity contribution in [3.63, 3.8) is 0 Å². The molecule has 0 atom stereocenters. The Labute approximate surface area is 99.9 Å². The highest BCUT2D eigenvalue weighted by molar-refractivity contribution is 6.03. The van der Waals surface area contributed by atoms with Crippen LogP contribution >= 0.6 is 0 Å². The summed E-state index contributed by atoms with van der Waals surface area (Å²) in [6.07, 6.45) is 1.40. The molecule has 4 heteroatoms. The van der Waals surface area contributed by atoms with E-state index in [9.17, 15) is 9.59 Å². The fraction of sp³-hybridized carbons (Fsp3) is 0.385. The second-order valence-corrected chi connectivity index (χ2v) is 3.88. The predicted octanol–water partition coefficient (Wildman–Crippen LogP) is 2.52. The minimum Gasteiger partial charge on any atom is -0.478 e. The number of hydrogen-bond donors (Lipinski definition) is 2. The minimum absolute atomic E-state index is 0.0912. The van der Waals surface area contributed by atoms with E-state index in [0.29, 0.717) is 18.4 Å². The first-order valence-electron chi connectivity index (χ1n) is 5.55. The average molecular weight is 236 g/mol. The van der Waals surface area contributed by atoms with Gasteiger partial charge in [-0.15, -0.1) is 0 Å². The molecule has 0 bridgehead atoms. The number of hydrogen-bond acceptors (Lipinski definition) is 2. The summed E-state index contributed by atoms with van der Waals surface area (Å²) in [5.41, 5.74) is 2.20. The van der Waals surface area contributed by atoms with Gasteiger partial charge < -0.3 is 10.2 Å². The van der Waals surface area contributed by atoms with Crippen molar-refractivity contribution in [3.05, 3.63) is 33.9 Å². The summed E-state index contributed by atoms with van der Waals surface area (Å²) in [5, 5.41) is 18.2.